The van der Waals surface area contributed by atoms with Crippen molar-refractivity contribution >= 4 is 17.2 Å². The number of carbonyl (C=O) groups excluding carboxylic acids is 1. The minimum atomic E-state index is -0.262. The number of aromatic nitrogens is 4. The molecule has 5 heterocycles. The Hall–Kier alpha value is -1.84. The Labute approximate surface area is 154 Å². The monoisotopic (exact) mass is 375 g/mol. The van der Waals surface area contributed by atoms with Crippen LogP contribution in [0.15, 0.2) is 6.33 Å². The van der Waals surface area contributed by atoms with E-state index >= 15 is 0 Å². The molecule has 8 nitrogen and oxygen atoms in total. The average molecular weight is 375 g/mol. The van der Waals surface area contributed by atoms with E-state index in [0.717, 1.165) is 28.3 Å². The van der Waals surface area contributed by atoms with Crippen LogP contribution in [0, 0.1) is 25.7 Å². The van der Waals surface area contributed by atoms with E-state index in [2.05, 4.69) is 15.5 Å². The highest BCUT2D eigenvalue weighted by Gasteiger charge is 2.63. The first-order chi connectivity index (χ1) is 12.5. The fourth-order valence-electron chi connectivity index (χ4n) is 5.02. The fraction of sp³-hybridized carbons (Fsp3) is 0.647. The number of aryl methyl sites for hydroxylation is 1. The number of nitrogens with zero attached hydrogens (tertiary/aromatic N) is 5. The molecule has 0 saturated carbocycles. The van der Waals surface area contributed by atoms with Gasteiger partial charge in [0.2, 0.25) is 0 Å². The summed E-state index contributed by atoms with van der Waals surface area (Å²) in [4.78, 5) is 16.4. The van der Waals surface area contributed by atoms with Crippen LogP contribution in [0.1, 0.15) is 33.6 Å². The molecule has 1 amide bonds. The molecule has 3 aliphatic rings. The minimum absolute atomic E-state index is 0.00450. The molecule has 1 spiro atoms. The minimum Gasteiger partial charge on any atom is -0.396 e. The maximum Gasteiger partial charge on any atom is 0.257 e. The Morgan fingerprint density at radius 3 is 3.08 bits per heavy atom. The molecule has 4 atom stereocenters. The van der Waals surface area contributed by atoms with E-state index in [1.165, 1.54) is 17.7 Å². The van der Waals surface area contributed by atoms with E-state index in [1.54, 1.807) is 4.68 Å². The number of thiophene rings is 1. The van der Waals surface area contributed by atoms with Gasteiger partial charge in [-0.3, -0.25) is 4.79 Å². The number of carbonyl (C=O) groups is 1. The number of hydrogen-bond donors (Lipinski definition) is 1. The summed E-state index contributed by atoms with van der Waals surface area (Å²) >= 11 is 1.53. The van der Waals surface area contributed by atoms with Gasteiger partial charge >= 0.3 is 0 Å². The lowest BCUT2D eigenvalue weighted by molar-refractivity contribution is 0.00154. The Bertz CT molecular complexity index is 866. The lowest BCUT2D eigenvalue weighted by atomic mass is 9.74. The highest BCUT2D eigenvalue weighted by Crippen LogP contribution is 2.55. The van der Waals surface area contributed by atoms with Crippen molar-refractivity contribution in [3.63, 3.8) is 0 Å². The van der Waals surface area contributed by atoms with Gasteiger partial charge in [-0.2, -0.15) is 4.68 Å². The van der Waals surface area contributed by atoms with Gasteiger partial charge in [0.05, 0.1) is 23.8 Å². The van der Waals surface area contributed by atoms with Crippen molar-refractivity contribution in [3.8, 4) is 5.00 Å². The van der Waals surface area contributed by atoms with E-state index in [9.17, 15) is 9.90 Å². The third-order valence-corrected chi connectivity index (χ3v) is 7.62. The van der Waals surface area contributed by atoms with Crippen LogP contribution in [-0.2, 0) is 4.74 Å². The van der Waals surface area contributed by atoms with E-state index in [1.807, 2.05) is 18.7 Å². The number of aliphatic hydroxyl groups is 1. The number of rotatable bonds is 3. The smallest absolute Gasteiger partial charge is 0.257 e. The van der Waals surface area contributed by atoms with Gasteiger partial charge in [0.1, 0.15) is 11.3 Å². The molecule has 0 aliphatic carbocycles. The third kappa shape index (κ3) is 2.07. The Balaban J connectivity index is 1.49. The lowest BCUT2D eigenvalue weighted by Crippen LogP contribution is -2.38. The van der Waals surface area contributed by atoms with Crippen molar-refractivity contribution in [2.24, 2.45) is 11.8 Å². The van der Waals surface area contributed by atoms with Crippen molar-refractivity contribution in [1.29, 1.82) is 0 Å². The molecule has 3 saturated heterocycles. The van der Waals surface area contributed by atoms with Gasteiger partial charge in [-0.1, -0.05) is 0 Å². The summed E-state index contributed by atoms with van der Waals surface area (Å²) in [5, 5.41) is 21.9. The molecule has 2 aromatic heterocycles. The molecule has 5 rings (SSSR count). The molecule has 26 heavy (non-hydrogen) atoms. The van der Waals surface area contributed by atoms with E-state index in [4.69, 9.17) is 4.74 Å². The summed E-state index contributed by atoms with van der Waals surface area (Å²) in [6, 6.07) is 0. The van der Waals surface area contributed by atoms with Crippen molar-refractivity contribution < 1.29 is 14.6 Å². The normalized spacial score (nSPS) is 32.4. The predicted molar refractivity (Wildman–Crippen MR) is 93.3 cm³/mol. The zero-order valence-electron chi connectivity index (χ0n) is 14.8. The first-order valence-corrected chi connectivity index (χ1v) is 9.77. The number of fused-ring (bicyclic) bond motifs is 1. The van der Waals surface area contributed by atoms with Gasteiger partial charge < -0.3 is 14.7 Å². The van der Waals surface area contributed by atoms with Crippen LogP contribution < -0.4 is 0 Å². The van der Waals surface area contributed by atoms with Gasteiger partial charge in [-0.25, -0.2) is 0 Å². The standard InChI is InChI=1S/C17H21N5O3S/c1-9-10(2)26-16(22-8-18-19-20-22)14(9)15(24)21-5-12-11(6-23)13-3-4-17(12,7-21)25-13/h8,11-13,23H,3-7H2,1-2H3/t11-,12+,13+,17+/m1/s1. The van der Waals surface area contributed by atoms with Crippen molar-refractivity contribution in [2.45, 2.75) is 38.4 Å². The molecular formula is C17H21N5O3S. The van der Waals surface area contributed by atoms with E-state index < -0.39 is 0 Å². The molecule has 0 unspecified atom stereocenters. The summed E-state index contributed by atoms with van der Waals surface area (Å²) in [7, 11) is 0. The second-order valence-corrected chi connectivity index (χ2v) is 8.82. The molecule has 2 aromatic rings. The molecule has 3 fully saturated rings. The summed E-state index contributed by atoms with van der Waals surface area (Å²) in [6.07, 6.45) is 3.63. The van der Waals surface area contributed by atoms with Crippen molar-refractivity contribution in [2.75, 3.05) is 19.7 Å². The second kappa shape index (κ2) is 5.58. The zero-order chi connectivity index (χ0) is 18.1. The molecular weight excluding hydrogens is 354 g/mol. The van der Waals surface area contributed by atoms with Gasteiger partial charge in [-0.05, 0) is 42.7 Å². The van der Waals surface area contributed by atoms with Crippen LogP contribution in [0.4, 0.5) is 0 Å². The highest BCUT2D eigenvalue weighted by atomic mass is 32.1. The molecule has 2 bridgehead atoms. The lowest BCUT2D eigenvalue weighted by Gasteiger charge is -2.27. The van der Waals surface area contributed by atoms with Crippen molar-refractivity contribution in [3.05, 3.63) is 22.3 Å². The summed E-state index contributed by atoms with van der Waals surface area (Å²) in [5.74, 6) is 0.377. The number of ether oxygens (including phenoxy) is 1. The second-order valence-electron chi connectivity index (χ2n) is 7.62. The van der Waals surface area contributed by atoms with Crippen LogP contribution in [0.5, 0.6) is 0 Å². The number of aliphatic hydroxyl groups excluding tert-OH is 1. The molecule has 3 aliphatic heterocycles. The van der Waals surface area contributed by atoms with Gasteiger partial charge in [0.15, 0.2) is 0 Å². The van der Waals surface area contributed by atoms with Crippen LogP contribution in [0.2, 0.25) is 0 Å². The van der Waals surface area contributed by atoms with Crippen LogP contribution >= 0.6 is 11.3 Å². The van der Waals surface area contributed by atoms with Crippen molar-refractivity contribution in [1.82, 2.24) is 25.1 Å². The van der Waals surface area contributed by atoms with Crippen LogP contribution in [0.3, 0.4) is 0 Å². The Morgan fingerprint density at radius 2 is 2.35 bits per heavy atom. The maximum absolute atomic E-state index is 13.4. The SMILES string of the molecule is Cc1sc(-n2cnnn2)c(C(=O)N2C[C@H]3[C@@H](CO)[C@@H]4CC[C@@]3(C2)O4)c1C. The first-order valence-electron chi connectivity index (χ1n) is 8.95. The quantitative estimate of drug-likeness (QED) is 0.859. The van der Waals surface area contributed by atoms with E-state index in [-0.39, 0.29) is 36.1 Å². The first kappa shape index (κ1) is 16.3. The molecule has 138 valence electrons. The van der Waals surface area contributed by atoms with Gasteiger partial charge in [0, 0.05) is 29.9 Å². The zero-order valence-corrected chi connectivity index (χ0v) is 15.6. The molecule has 0 radical (unpaired) electrons. The third-order valence-electron chi connectivity index (χ3n) is 6.42. The largest absolute Gasteiger partial charge is 0.396 e. The summed E-state index contributed by atoms with van der Waals surface area (Å²) in [5.41, 5.74) is 1.39. The molecule has 0 aromatic carbocycles. The van der Waals surface area contributed by atoms with Gasteiger partial charge in [-0.15, -0.1) is 16.4 Å². The Kier molecular flexibility index (Phi) is 3.51. The van der Waals surface area contributed by atoms with Gasteiger partial charge in [0.25, 0.3) is 5.91 Å². The number of likely N-dealkylation sites (tertiary alicyclic amines) is 1. The highest BCUT2D eigenvalue weighted by molar-refractivity contribution is 7.15. The summed E-state index contributed by atoms with van der Waals surface area (Å²) in [6.45, 7) is 5.36. The average Bonchev–Trinajstić information content (AvgIpc) is 3.41. The maximum atomic E-state index is 13.4. The van der Waals surface area contributed by atoms with Crippen LogP contribution in [0.25, 0.3) is 5.00 Å². The molecule has 9 heteroatoms. The number of tetrazole rings is 1. The Morgan fingerprint density at radius 1 is 1.50 bits per heavy atom. The number of amides is 1. The van der Waals surface area contributed by atoms with Crippen LogP contribution in [-0.4, -0.2) is 67.5 Å². The predicted octanol–water partition coefficient (Wildman–Crippen LogP) is 0.953. The number of hydrogen-bond acceptors (Lipinski definition) is 7. The van der Waals surface area contributed by atoms with E-state index in [0.29, 0.717) is 18.7 Å². The molecule has 1 N–H and O–H groups in total. The summed E-state index contributed by atoms with van der Waals surface area (Å²) < 4.78 is 7.81. The topological polar surface area (TPSA) is 93.4 Å². The fourth-order valence-corrected chi connectivity index (χ4v) is 6.09.